The maximum atomic E-state index is 13.2. The molecule has 0 aliphatic heterocycles. The van der Waals surface area contributed by atoms with Crippen molar-refractivity contribution in [1.29, 1.82) is 0 Å². The van der Waals surface area contributed by atoms with E-state index < -0.39 is 0 Å². The Hall–Kier alpha value is -1.38. The number of imidazole rings is 1. The SMILES string of the molecule is CC.Cc1cc(F)c2nc(C)[nH]c2c1. The highest BCUT2D eigenvalue weighted by molar-refractivity contribution is 5.76. The highest BCUT2D eigenvalue weighted by atomic mass is 19.1. The van der Waals surface area contributed by atoms with Crippen LogP contribution in [0.15, 0.2) is 12.1 Å². The minimum atomic E-state index is -0.255. The molecule has 0 aliphatic rings. The molecule has 76 valence electrons. The fourth-order valence-electron chi connectivity index (χ4n) is 1.33. The molecule has 2 nitrogen and oxygen atoms in total. The van der Waals surface area contributed by atoms with Gasteiger partial charge < -0.3 is 4.98 Å². The monoisotopic (exact) mass is 194 g/mol. The zero-order chi connectivity index (χ0) is 10.7. The number of aryl methyl sites for hydroxylation is 2. The first kappa shape index (κ1) is 10.7. The molecule has 1 heterocycles. The van der Waals surface area contributed by atoms with Crippen molar-refractivity contribution in [3.05, 3.63) is 29.3 Å². The second kappa shape index (κ2) is 4.22. The molecule has 2 rings (SSSR count). The average Bonchev–Trinajstić information content (AvgIpc) is 2.49. The number of benzene rings is 1. The van der Waals surface area contributed by atoms with Crippen LogP contribution in [0.25, 0.3) is 11.0 Å². The zero-order valence-electron chi connectivity index (χ0n) is 8.98. The number of aromatic nitrogens is 2. The fraction of sp³-hybridized carbons (Fsp3) is 0.364. The van der Waals surface area contributed by atoms with Gasteiger partial charge in [-0.3, -0.25) is 0 Å². The van der Waals surface area contributed by atoms with Crippen LogP contribution in [0.4, 0.5) is 4.39 Å². The predicted octanol–water partition coefficient (Wildman–Crippen LogP) is 3.35. The van der Waals surface area contributed by atoms with Gasteiger partial charge in [0.2, 0.25) is 0 Å². The average molecular weight is 194 g/mol. The Kier molecular flexibility index (Phi) is 3.23. The second-order valence-electron chi connectivity index (χ2n) is 2.97. The number of hydrogen-bond acceptors (Lipinski definition) is 1. The van der Waals surface area contributed by atoms with E-state index in [1.54, 1.807) is 0 Å². The highest BCUT2D eigenvalue weighted by Crippen LogP contribution is 2.16. The summed E-state index contributed by atoms with van der Waals surface area (Å²) in [7, 11) is 0. The van der Waals surface area contributed by atoms with E-state index in [0.29, 0.717) is 5.52 Å². The summed E-state index contributed by atoms with van der Waals surface area (Å²) < 4.78 is 13.2. The molecule has 0 aliphatic carbocycles. The summed E-state index contributed by atoms with van der Waals surface area (Å²) in [4.78, 5) is 7.01. The number of hydrogen-bond donors (Lipinski definition) is 1. The van der Waals surface area contributed by atoms with E-state index in [1.807, 2.05) is 33.8 Å². The number of H-pyrrole nitrogens is 1. The lowest BCUT2D eigenvalue weighted by Gasteiger charge is -1.93. The van der Waals surface area contributed by atoms with Crippen molar-refractivity contribution >= 4 is 11.0 Å². The van der Waals surface area contributed by atoms with Gasteiger partial charge in [-0.05, 0) is 31.5 Å². The first-order valence-electron chi connectivity index (χ1n) is 4.79. The molecule has 2 aromatic rings. The van der Waals surface area contributed by atoms with Gasteiger partial charge in [-0.15, -0.1) is 0 Å². The van der Waals surface area contributed by atoms with Crippen LogP contribution in [0.2, 0.25) is 0 Å². The van der Waals surface area contributed by atoms with Crippen LogP contribution < -0.4 is 0 Å². The molecule has 1 N–H and O–H groups in total. The van der Waals surface area contributed by atoms with E-state index in [-0.39, 0.29) is 5.82 Å². The van der Waals surface area contributed by atoms with Gasteiger partial charge in [0.1, 0.15) is 11.3 Å². The topological polar surface area (TPSA) is 28.7 Å². The van der Waals surface area contributed by atoms with E-state index in [0.717, 1.165) is 16.9 Å². The Bertz CT molecular complexity index is 432. The molecule has 1 aromatic carbocycles. The number of fused-ring (bicyclic) bond motifs is 1. The van der Waals surface area contributed by atoms with Gasteiger partial charge in [0.05, 0.1) is 5.52 Å². The van der Waals surface area contributed by atoms with Gasteiger partial charge in [0, 0.05) is 0 Å². The third-order valence-corrected chi connectivity index (χ3v) is 1.80. The summed E-state index contributed by atoms with van der Waals surface area (Å²) >= 11 is 0. The van der Waals surface area contributed by atoms with Crippen LogP contribution >= 0.6 is 0 Å². The molecule has 0 fully saturated rings. The minimum absolute atomic E-state index is 0.255. The smallest absolute Gasteiger partial charge is 0.151 e. The molecular weight excluding hydrogens is 179 g/mol. The van der Waals surface area contributed by atoms with E-state index in [4.69, 9.17) is 0 Å². The van der Waals surface area contributed by atoms with Crippen molar-refractivity contribution < 1.29 is 4.39 Å². The Morgan fingerprint density at radius 2 is 1.86 bits per heavy atom. The van der Waals surface area contributed by atoms with Crippen molar-refractivity contribution in [2.75, 3.05) is 0 Å². The van der Waals surface area contributed by atoms with E-state index in [1.165, 1.54) is 6.07 Å². The summed E-state index contributed by atoms with van der Waals surface area (Å²) in [6, 6.07) is 3.38. The van der Waals surface area contributed by atoms with Gasteiger partial charge in [-0.2, -0.15) is 0 Å². The maximum Gasteiger partial charge on any atom is 0.151 e. The number of rotatable bonds is 0. The van der Waals surface area contributed by atoms with E-state index in [9.17, 15) is 4.39 Å². The predicted molar refractivity (Wildman–Crippen MR) is 56.9 cm³/mol. The molecule has 0 atom stereocenters. The van der Waals surface area contributed by atoms with Crippen LogP contribution in [0.5, 0.6) is 0 Å². The van der Waals surface area contributed by atoms with Crippen molar-refractivity contribution in [3.8, 4) is 0 Å². The number of nitrogens with zero attached hydrogens (tertiary/aromatic N) is 1. The molecule has 0 unspecified atom stereocenters. The standard InChI is InChI=1S/C9H9FN2.C2H6/c1-5-3-7(10)9-8(4-5)11-6(2)12-9;1-2/h3-4H,1-2H3,(H,11,12);1-2H3. The van der Waals surface area contributed by atoms with Gasteiger partial charge in [0.25, 0.3) is 0 Å². The summed E-state index contributed by atoms with van der Waals surface area (Å²) in [5.74, 6) is 0.490. The zero-order valence-corrected chi connectivity index (χ0v) is 8.98. The molecule has 3 heteroatoms. The van der Waals surface area contributed by atoms with Crippen LogP contribution in [0.3, 0.4) is 0 Å². The van der Waals surface area contributed by atoms with Crippen molar-refractivity contribution in [1.82, 2.24) is 9.97 Å². The molecule has 0 amide bonds. The van der Waals surface area contributed by atoms with E-state index >= 15 is 0 Å². The summed E-state index contributed by atoms with van der Waals surface area (Å²) in [6.07, 6.45) is 0. The number of halogens is 1. The molecule has 0 radical (unpaired) electrons. The Morgan fingerprint density at radius 1 is 1.21 bits per heavy atom. The van der Waals surface area contributed by atoms with Crippen LogP contribution in [0, 0.1) is 19.7 Å². The molecule has 0 saturated carbocycles. The summed E-state index contributed by atoms with van der Waals surface area (Å²) in [5, 5.41) is 0. The number of nitrogens with one attached hydrogen (secondary N) is 1. The quantitative estimate of drug-likeness (QED) is 0.684. The molecule has 1 aromatic heterocycles. The van der Waals surface area contributed by atoms with E-state index in [2.05, 4.69) is 9.97 Å². The van der Waals surface area contributed by atoms with Crippen molar-refractivity contribution in [2.24, 2.45) is 0 Å². The lowest BCUT2D eigenvalue weighted by molar-refractivity contribution is 0.636. The largest absolute Gasteiger partial charge is 0.342 e. The third-order valence-electron chi connectivity index (χ3n) is 1.80. The Balaban J connectivity index is 0.000000461. The Morgan fingerprint density at radius 3 is 2.50 bits per heavy atom. The Labute approximate surface area is 83.2 Å². The van der Waals surface area contributed by atoms with Crippen LogP contribution in [0.1, 0.15) is 25.2 Å². The molecule has 14 heavy (non-hydrogen) atoms. The van der Waals surface area contributed by atoms with Gasteiger partial charge >= 0.3 is 0 Å². The fourth-order valence-corrected chi connectivity index (χ4v) is 1.33. The highest BCUT2D eigenvalue weighted by Gasteiger charge is 2.05. The van der Waals surface area contributed by atoms with Gasteiger partial charge in [-0.25, -0.2) is 9.37 Å². The van der Waals surface area contributed by atoms with Crippen molar-refractivity contribution in [2.45, 2.75) is 27.7 Å². The molecule has 0 spiro atoms. The second-order valence-corrected chi connectivity index (χ2v) is 2.97. The maximum absolute atomic E-state index is 13.2. The lowest BCUT2D eigenvalue weighted by Crippen LogP contribution is -1.80. The lowest BCUT2D eigenvalue weighted by atomic mass is 10.2. The van der Waals surface area contributed by atoms with Gasteiger partial charge in [0.15, 0.2) is 5.82 Å². The van der Waals surface area contributed by atoms with Crippen LogP contribution in [-0.2, 0) is 0 Å². The third kappa shape index (κ3) is 1.92. The normalized spacial score (nSPS) is 9.79. The summed E-state index contributed by atoms with van der Waals surface area (Å²) in [6.45, 7) is 7.67. The summed E-state index contributed by atoms with van der Waals surface area (Å²) in [5.41, 5.74) is 2.10. The van der Waals surface area contributed by atoms with Crippen LogP contribution in [-0.4, -0.2) is 9.97 Å². The molecule has 0 saturated heterocycles. The van der Waals surface area contributed by atoms with Crippen molar-refractivity contribution in [3.63, 3.8) is 0 Å². The number of aromatic amines is 1. The van der Waals surface area contributed by atoms with Gasteiger partial charge in [-0.1, -0.05) is 13.8 Å². The molecule has 0 bridgehead atoms. The molecular formula is C11H15FN2. The minimum Gasteiger partial charge on any atom is -0.342 e. The first-order valence-corrected chi connectivity index (χ1v) is 4.79. The first-order chi connectivity index (χ1) is 6.66.